The number of aromatic nitrogens is 1. The minimum absolute atomic E-state index is 0.154. The Balaban J connectivity index is 1.91. The molecule has 0 radical (unpaired) electrons. The third-order valence-electron chi connectivity index (χ3n) is 4.31. The molecule has 0 aliphatic carbocycles. The molecule has 0 aliphatic heterocycles. The third kappa shape index (κ3) is 4.15. The minimum atomic E-state index is -3.98. The van der Waals surface area contributed by atoms with Crippen LogP contribution in [0.3, 0.4) is 0 Å². The summed E-state index contributed by atoms with van der Waals surface area (Å²) < 4.78 is 54.1. The van der Waals surface area contributed by atoms with E-state index in [1.807, 2.05) is 0 Å². The fraction of sp³-hybridized carbons (Fsp3) is 0.222. The molecule has 3 aromatic rings. The Hall–Kier alpha value is -2.79. The van der Waals surface area contributed by atoms with Crippen LogP contribution in [0.4, 0.5) is 20.2 Å². The first-order valence-electron chi connectivity index (χ1n) is 8.34. The van der Waals surface area contributed by atoms with Crippen molar-refractivity contribution in [3.63, 3.8) is 0 Å². The van der Waals surface area contributed by atoms with Crippen molar-refractivity contribution in [1.29, 1.82) is 0 Å². The molecule has 0 spiro atoms. The molecule has 1 atom stereocenters. The largest absolute Gasteiger partial charge is 0.324 e. The summed E-state index contributed by atoms with van der Waals surface area (Å²) in [5.41, 5.74) is 0.895. The first-order valence-corrected chi connectivity index (χ1v) is 11.0. The highest BCUT2D eigenvalue weighted by atomic mass is 32.2. The van der Waals surface area contributed by atoms with E-state index in [4.69, 9.17) is 0 Å². The summed E-state index contributed by atoms with van der Waals surface area (Å²) in [5, 5.41) is 2.59. The summed E-state index contributed by atoms with van der Waals surface area (Å²) in [6.45, 7) is 1.33. The molecule has 2 aromatic carbocycles. The van der Waals surface area contributed by atoms with Gasteiger partial charge >= 0.3 is 4.87 Å². The Morgan fingerprint density at radius 2 is 1.86 bits per heavy atom. The van der Waals surface area contributed by atoms with Crippen LogP contribution in [0.15, 0.2) is 41.2 Å². The molecule has 0 saturated carbocycles. The average molecular weight is 441 g/mol. The summed E-state index contributed by atoms with van der Waals surface area (Å²) in [6, 6.07) is 6.19. The van der Waals surface area contributed by atoms with E-state index in [0.29, 0.717) is 26.3 Å². The summed E-state index contributed by atoms with van der Waals surface area (Å²) >= 11 is 1.01. The number of halogens is 2. The zero-order chi connectivity index (χ0) is 21.5. The quantitative estimate of drug-likeness (QED) is 0.659. The average Bonchev–Trinajstić information content (AvgIpc) is 2.90. The third-order valence-corrected chi connectivity index (χ3v) is 6.54. The number of thiazole rings is 1. The van der Waals surface area contributed by atoms with Gasteiger partial charge in [0, 0.05) is 18.8 Å². The van der Waals surface area contributed by atoms with Gasteiger partial charge in [-0.3, -0.25) is 13.9 Å². The first kappa shape index (κ1) is 20.9. The maximum atomic E-state index is 13.6. The van der Waals surface area contributed by atoms with Gasteiger partial charge in [-0.1, -0.05) is 11.3 Å². The van der Waals surface area contributed by atoms with E-state index in [9.17, 15) is 26.8 Å². The smallest absolute Gasteiger partial charge is 0.307 e. The van der Waals surface area contributed by atoms with Crippen LogP contribution < -0.4 is 14.5 Å². The van der Waals surface area contributed by atoms with Gasteiger partial charge in [0.2, 0.25) is 15.9 Å². The molecule has 0 bridgehead atoms. The van der Waals surface area contributed by atoms with Crippen LogP contribution in [0.1, 0.15) is 6.92 Å². The Kier molecular flexibility index (Phi) is 5.46. The van der Waals surface area contributed by atoms with E-state index >= 15 is 0 Å². The number of nitrogens with one attached hydrogen (secondary N) is 1. The second-order valence-electron chi connectivity index (χ2n) is 6.43. The van der Waals surface area contributed by atoms with Crippen LogP contribution in [0.2, 0.25) is 0 Å². The zero-order valence-corrected chi connectivity index (χ0v) is 17.3. The molecule has 154 valence electrons. The van der Waals surface area contributed by atoms with Crippen molar-refractivity contribution in [2.24, 2.45) is 7.05 Å². The van der Waals surface area contributed by atoms with E-state index in [0.717, 1.165) is 29.7 Å². The molecular formula is C18H17F2N3O4S2. The standard InChI is InChI=1S/C18H17F2N3O4S2/c1-10(23(29(3,26)27)12-5-6-13(19)14(20)9-12)17(24)21-11-4-7-15-16(8-11)28-18(25)22(15)2/h4-10H,1-3H3,(H,21,24)/t10-/m0/s1. The van der Waals surface area contributed by atoms with Crippen LogP contribution >= 0.6 is 11.3 Å². The molecule has 1 N–H and O–H groups in total. The van der Waals surface area contributed by atoms with E-state index in [-0.39, 0.29) is 10.6 Å². The fourth-order valence-electron chi connectivity index (χ4n) is 2.89. The number of amides is 1. The molecule has 0 fully saturated rings. The normalized spacial score (nSPS) is 12.7. The highest BCUT2D eigenvalue weighted by molar-refractivity contribution is 7.92. The van der Waals surface area contributed by atoms with Crippen molar-refractivity contribution < 1.29 is 22.0 Å². The molecule has 1 heterocycles. The number of anilines is 2. The second-order valence-corrected chi connectivity index (χ2v) is 9.28. The number of aryl methyl sites for hydroxylation is 1. The molecular weight excluding hydrogens is 424 g/mol. The summed E-state index contributed by atoms with van der Waals surface area (Å²) in [6.07, 6.45) is 0.867. The highest BCUT2D eigenvalue weighted by Crippen LogP contribution is 2.25. The molecule has 11 heteroatoms. The maximum absolute atomic E-state index is 13.6. The van der Waals surface area contributed by atoms with Gasteiger partial charge in [0.25, 0.3) is 0 Å². The van der Waals surface area contributed by atoms with E-state index < -0.39 is 33.6 Å². The predicted octanol–water partition coefficient (Wildman–Crippen LogP) is 2.67. The van der Waals surface area contributed by atoms with Gasteiger partial charge in [0.15, 0.2) is 11.6 Å². The number of carbonyl (C=O) groups excluding carboxylic acids is 1. The number of carbonyl (C=O) groups is 1. The number of sulfonamides is 1. The number of rotatable bonds is 5. The Morgan fingerprint density at radius 1 is 1.17 bits per heavy atom. The second kappa shape index (κ2) is 7.56. The van der Waals surface area contributed by atoms with Crippen LogP contribution in [0.5, 0.6) is 0 Å². The minimum Gasteiger partial charge on any atom is -0.324 e. The van der Waals surface area contributed by atoms with E-state index in [1.54, 1.807) is 25.2 Å². The lowest BCUT2D eigenvalue weighted by atomic mass is 10.2. The number of hydrogen-bond donors (Lipinski definition) is 1. The molecule has 0 aliphatic rings. The van der Waals surface area contributed by atoms with Crippen molar-refractivity contribution in [3.05, 3.63) is 57.7 Å². The van der Waals surface area contributed by atoms with Crippen molar-refractivity contribution in [2.75, 3.05) is 15.9 Å². The Labute approximate surface area is 169 Å². The first-order chi connectivity index (χ1) is 13.5. The molecule has 29 heavy (non-hydrogen) atoms. The molecule has 3 rings (SSSR count). The number of benzene rings is 2. The van der Waals surface area contributed by atoms with E-state index in [1.165, 1.54) is 11.5 Å². The van der Waals surface area contributed by atoms with Gasteiger partial charge in [-0.2, -0.15) is 0 Å². The lowest BCUT2D eigenvalue weighted by Gasteiger charge is -2.28. The van der Waals surface area contributed by atoms with Gasteiger partial charge in [-0.15, -0.1) is 0 Å². The Bertz CT molecular complexity index is 1270. The van der Waals surface area contributed by atoms with Crippen LogP contribution in [-0.2, 0) is 21.9 Å². The SMILES string of the molecule is C[C@@H](C(=O)Nc1ccc2c(c1)sc(=O)n2C)N(c1ccc(F)c(F)c1)S(C)(=O)=O. The summed E-state index contributed by atoms with van der Waals surface area (Å²) in [7, 11) is -2.35. The fourth-order valence-corrected chi connectivity index (χ4v) is 4.97. The zero-order valence-electron chi connectivity index (χ0n) is 15.6. The number of nitrogens with zero attached hydrogens (tertiary/aromatic N) is 2. The summed E-state index contributed by atoms with van der Waals surface area (Å²) in [4.78, 5) is 24.3. The molecule has 1 aromatic heterocycles. The summed E-state index contributed by atoms with van der Waals surface area (Å²) in [5.74, 6) is -3.04. The van der Waals surface area contributed by atoms with E-state index in [2.05, 4.69) is 5.32 Å². The van der Waals surface area contributed by atoms with Crippen molar-refractivity contribution >= 4 is 48.9 Å². The lowest BCUT2D eigenvalue weighted by Crippen LogP contribution is -2.45. The molecule has 1 amide bonds. The molecule has 0 saturated heterocycles. The molecule has 7 nitrogen and oxygen atoms in total. The van der Waals surface area contributed by atoms with Crippen molar-refractivity contribution in [3.8, 4) is 0 Å². The lowest BCUT2D eigenvalue weighted by molar-refractivity contribution is -0.116. The number of hydrogen-bond acceptors (Lipinski definition) is 5. The number of fused-ring (bicyclic) bond motifs is 1. The predicted molar refractivity (Wildman–Crippen MR) is 109 cm³/mol. The van der Waals surface area contributed by atoms with Gasteiger partial charge in [0.1, 0.15) is 6.04 Å². The van der Waals surface area contributed by atoms with Crippen LogP contribution in [-0.4, -0.2) is 31.2 Å². The monoisotopic (exact) mass is 441 g/mol. The van der Waals surface area contributed by atoms with Crippen molar-refractivity contribution in [1.82, 2.24) is 4.57 Å². The van der Waals surface area contributed by atoms with Crippen LogP contribution in [0, 0.1) is 11.6 Å². The highest BCUT2D eigenvalue weighted by Gasteiger charge is 2.30. The van der Waals surface area contributed by atoms with Gasteiger partial charge < -0.3 is 9.88 Å². The topological polar surface area (TPSA) is 88.5 Å². The van der Waals surface area contributed by atoms with Crippen LogP contribution in [0.25, 0.3) is 10.2 Å². The van der Waals surface area contributed by atoms with Gasteiger partial charge in [-0.25, -0.2) is 17.2 Å². The van der Waals surface area contributed by atoms with Crippen molar-refractivity contribution in [2.45, 2.75) is 13.0 Å². The van der Waals surface area contributed by atoms with Gasteiger partial charge in [0.05, 0.1) is 22.2 Å². The van der Waals surface area contributed by atoms with Gasteiger partial charge in [-0.05, 0) is 37.3 Å². The Morgan fingerprint density at radius 3 is 2.48 bits per heavy atom. The maximum Gasteiger partial charge on any atom is 0.307 e. The molecule has 0 unspecified atom stereocenters.